The molecule has 0 amide bonds. The van der Waals surface area contributed by atoms with Crippen molar-refractivity contribution in [2.75, 3.05) is 0 Å². The Bertz CT molecular complexity index is 347. The van der Waals surface area contributed by atoms with Gasteiger partial charge in [0.15, 0.2) is 0 Å². The summed E-state index contributed by atoms with van der Waals surface area (Å²) >= 11 is 1.94. The van der Waals surface area contributed by atoms with Gasteiger partial charge in [-0.25, -0.2) is 0 Å². The second-order valence-electron chi connectivity index (χ2n) is 5.03. The van der Waals surface area contributed by atoms with E-state index in [4.69, 9.17) is 5.73 Å². The minimum Gasteiger partial charge on any atom is -0.322 e. The Hall–Kier alpha value is -0.470. The molecule has 0 aliphatic rings. The first kappa shape index (κ1) is 14.6. The second kappa shape index (κ2) is 6.46. The molecule has 17 heavy (non-hydrogen) atoms. The molecule has 0 saturated heterocycles. The molecule has 0 aromatic heterocycles. The van der Waals surface area contributed by atoms with E-state index in [1.54, 1.807) is 0 Å². The topological polar surface area (TPSA) is 26.0 Å². The zero-order valence-corrected chi connectivity index (χ0v) is 12.3. The van der Waals surface area contributed by atoms with E-state index in [1.165, 1.54) is 16.9 Å². The van der Waals surface area contributed by atoms with Gasteiger partial charge in [0.2, 0.25) is 0 Å². The summed E-state index contributed by atoms with van der Waals surface area (Å²) in [5, 5.41) is 0.667. The van der Waals surface area contributed by atoms with Gasteiger partial charge in [-0.15, -0.1) is 11.8 Å². The molecule has 1 aromatic rings. The summed E-state index contributed by atoms with van der Waals surface area (Å²) in [4.78, 5) is 1.34. The second-order valence-corrected chi connectivity index (χ2v) is 6.54. The molecule has 1 rings (SSSR count). The predicted octanol–water partition coefficient (Wildman–Crippen LogP) is 4.55. The molecular weight excluding hydrogens is 226 g/mol. The van der Waals surface area contributed by atoms with Gasteiger partial charge < -0.3 is 5.73 Å². The predicted molar refractivity (Wildman–Crippen MR) is 78.5 cm³/mol. The Kier molecular flexibility index (Phi) is 5.54. The molecule has 0 aliphatic heterocycles. The normalized spacial score (nSPS) is 16.5. The number of hydrogen-bond donors (Lipinski definition) is 1. The van der Waals surface area contributed by atoms with Crippen LogP contribution in [0.5, 0.6) is 0 Å². The van der Waals surface area contributed by atoms with Crippen molar-refractivity contribution in [1.82, 2.24) is 0 Å². The van der Waals surface area contributed by atoms with Gasteiger partial charge in [0.25, 0.3) is 0 Å². The van der Waals surface area contributed by atoms with E-state index in [1.807, 2.05) is 11.8 Å². The summed E-state index contributed by atoms with van der Waals surface area (Å²) in [6, 6.07) is 8.71. The van der Waals surface area contributed by atoms with Crippen LogP contribution in [0.1, 0.15) is 52.5 Å². The van der Waals surface area contributed by atoms with E-state index in [0.717, 1.165) is 12.8 Å². The number of hydrogen-bond acceptors (Lipinski definition) is 2. The summed E-state index contributed by atoms with van der Waals surface area (Å²) < 4.78 is 0. The van der Waals surface area contributed by atoms with Crippen LogP contribution in [0.2, 0.25) is 0 Å². The van der Waals surface area contributed by atoms with Crippen LogP contribution >= 0.6 is 11.8 Å². The lowest BCUT2D eigenvalue weighted by Crippen LogP contribution is -2.32. The minimum atomic E-state index is -0.194. The summed E-state index contributed by atoms with van der Waals surface area (Å²) in [6.45, 7) is 8.81. The molecule has 0 saturated carbocycles. The smallest absolute Gasteiger partial charge is 0.0381 e. The Morgan fingerprint density at radius 3 is 2.65 bits per heavy atom. The van der Waals surface area contributed by atoms with Crippen molar-refractivity contribution >= 4 is 11.8 Å². The molecule has 2 atom stereocenters. The fourth-order valence-electron chi connectivity index (χ4n) is 1.90. The average Bonchev–Trinajstić information content (AvgIpc) is 2.29. The highest BCUT2D eigenvalue weighted by Crippen LogP contribution is 2.30. The molecule has 0 radical (unpaired) electrons. The van der Waals surface area contributed by atoms with Crippen LogP contribution in [-0.2, 0) is 5.54 Å². The SMILES string of the molecule is CCCC(C)(N)c1cccc(SC(C)CC)c1. The van der Waals surface area contributed by atoms with Crippen molar-refractivity contribution in [1.29, 1.82) is 0 Å². The third-order valence-electron chi connectivity index (χ3n) is 3.18. The zero-order chi connectivity index (χ0) is 12.9. The van der Waals surface area contributed by atoms with Crippen molar-refractivity contribution in [3.8, 4) is 0 Å². The van der Waals surface area contributed by atoms with Crippen LogP contribution in [0.3, 0.4) is 0 Å². The molecule has 2 N–H and O–H groups in total. The lowest BCUT2D eigenvalue weighted by Gasteiger charge is -2.25. The Labute approximate surface area is 110 Å². The lowest BCUT2D eigenvalue weighted by atomic mass is 9.89. The maximum Gasteiger partial charge on any atom is 0.0381 e. The van der Waals surface area contributed by atoms with Crippen LogP contribution in [-0.4, -0.2) is 5.25 Å². The third-order valence-corrected chi connectivity index (χ3v) is 4.44. The minimum absolute atomic E-state index is 0.194. The first-order valence-electron chi connectivity index (χ1n) is 6.55. The van der Waals surface area contributed by atoms with Crippen molar-refractivity contribution in [3.05, 3.63) is 29.8 Å². The molecule has 2 heteroatoms. The molecule has 2 unspecified atom stereocenters. The van der Waals surface area contributed by atoms with Crippen LogP contribution < -0.4 is 5.73 Å². The number of rotatable bonds is 6. The summed E-state index contributed by atoms with van der Waals surface area (Å²) in [7, 11) is 0. The molecule has 0 heterocycles. The molecule has 0 aliphatic carbocycles. The summed E-state index contributed by atoms with van der Waals surface area (Å²) in [5.41, 5.74) is 7.43. The number of nitrogens with two attached hydrogens (primary N) is 1. The van der Waals surface area contributed by atoms with Crippen LogP contribution in [0.4, 0.5) is 0 Å². The largest absolute Gasteiger partial charge is 0.322 e. The first-order valence-corrected chi connectivity index (χ1v) is 7.43. The van der Waals surface area contributed by atoms with Gasteiger partial charge in [-0.2, -0.15) is 0 Å². The first-order chi connectivity index (χ1) is 7.99. The maximum atomic E-state index is 6.37. The van der Waals surface area contributed by atoms with E-state index >= 15 is 0 Å². The van der Waals surface area contributed by atoms with E-state index in [0.29, 0.717) is 5.25 Å². The van der Waals surface area contributed by atoms with E-state index < -0.39 is 0 Å². The number of thioether (sulfide) groups is 1. The Balaban J connectivity index is 2.85. The van der Waals surface area contributed by atoms with Crippen molar-refractivity contribution < 1.29 is 0 Å². The molecule has 1 nitrogen and oxygen atoms in total. The standard InChI is InChI=1S/C15H25NS/c1-5-10-15(4,16)13-8-7-9-14(11-13)17-12(3)6-2/h7-9,11-12H,5-6,10,16H2,1-4H3. The molecule has 0 spiro atoms. The molecule has 1 aromatic carbocycles. The van der Waals surface area contributed by atoms with Crippen LogP contribution in [0.15, 0.2) is 29.2 Å². The Morgan fingerprint density at radius 2 is 2.06 bits per heavy atom. The van der Waals surface area contributed by atoms with E-state index in [-0.39, 0.29) is 5.54 Å². The summed E-state index contributed by atoms with van der Waals surface area (Å²) in [6.07, 6.45) is 3.35. The molecule has 0 bridgehead atoms. The lowest BCUT2D eigenvalue weighted by molar-refractivity contribution is 0.446. The monoisotopic (exact) mass is 251 g/mol. The average molecular weight is 251 g/mol. The highest BCUT2D eigenvalue weighted by molar-refractivity contribution is 7.99. The highest BCUT2D eigenvalue weighted by Gasteiger charge is 2.20. The van der Waals surface area contributed by atoms with Gasteiger partial charge in [-0.3, -0.25) is 0 Å². The summed E-state index contributed by atoms with van der Waals surface area (Å²) in [5.74, 6) is 0. The molecule has 96 valence electrons. The molecular formula is C15H25NS. The van der Waals surface area contributed by atoms with Gasteiger partial charge in [0.1, 0.15) is 0 Å². The Morgan fingerprint density at radius 1 is 1.35 bits per heavy atom. The third kappa shape index (κ3) is 4.36. The fraction of sp³-hybridized carbons (Fsp3) is 0.600. The van der Waals surface area contributed by atoms with E-state index in [2.05, 4.69) is 52.0 Å². The van der Waals surface area contributed by atoms with E-state index in [9.17, 15) is 0 Å². The fourth-order valence-corrected chi connectivity index (χ4v) is 2.89. The maximum absolute atomic E-state index is 6.37. The van der Waals surface area contributed by atoms with Gasteiger partial charge in [-0.05, 0) is 37.5 Å². The quantitative estimate of drug-likeness (QED) is 0.751. The van der Waals surface area contributed by atoms with Gasteiger partial charge in [-0.1, -0.05) is 39.3 Å². The highest BCUT2D eigenvalue weighted by atomic mass is 32.2. The zero-order valence-electron chi connectivity index (χ0n) is 11.5. The number of benzene rings is 1. The van der Waals surface area contributed by atoms with Crippen LogP contribution in [0.25, 0.3) is 0 Å². The van der Waals surface area contributed by atoms with Gasteiger partial charge >= 0.3 is 0 Å². The van der Waals surface area contributed by atoms with Crippen molar-refractivity contribution in [2.45, 2.75) is 62.6 Å². The van der Waals surface area contributed by atoms with Gasteiger partial charge in [0.05, 0.1) is 0 Å². The van der Waals surface area contributed by atoms with Crippen molar-refractivity contribution in [2.24, 2.45) is 5.73 Å². The van der Waals surface area contributed by atoms with Gasteiger partial charge in [0, 0.05) is 15.7 Å². The van der Waals surface area contributed by atoms with Crippen LogP contribution in [0, 0.1) is 0 Å². The van der Waals surface area contributed by atoms with Crippen molar-refractivity contribution in [3.63, 3.8) is 0 Å². The molecule has 0 fully saturated rings.